The number of aryl methyl sites for hydroxylation is 1. The van der Waals surface area contributed by atoms with Gasteiger partial charge in [0.25, 0.3) is 6.47 Å². The van der Waals surface area contributed by atoms with Gasteiger partial charge in [-0.25, -0.2) is 0 Å². The van der Waals surface area contributed by atoms with Gasteiger partial charge in [0, 0.05) is 31.7 Å². The molecular weight excluding hydrogens is 320 g/mol. The maximum Gasteiger partial charge on any atom is 0.290 e. The molecular formula is C18H28N4O3. The van der Waals surface area contributed by atoms with E-state index in [1.54, 1.807) is 0 Å². The lowest BCUT2D eigenvalue weighted by Crippen LogP contribution is -2.55. The first-order chi connectivity index (χ1) is 12.0. The highest BCUT2D eigenvalue weighted by Crippen LogP contribution is 2.49. The smallest absolute Gasteiger partial charge is 0.290 e. The molecule has 0 aromatic carbocycles. The Bertz CT molecular complexity index is 595. The van der Waals surface area contributed by atoms with Gasteiger partial charge in [-0.2, -0.15) is 5.10 Å². The van der Waals surface area contributed by atoms with Gasteiger partial charge in [0.2, 0.25) is 5.91 Å². The predicted molar refractivity (Wildman–Crippen MR) is 92.7 cm³/mol. The van der Waals surface area contributed by atoms with E-state index in [-0.39, 0.29) is 6.47 Å². The van der Waals surface area contributed by atoms with Gasteiger partial charge in [-0.15, -0.1) is 0 Å². The average molecular weight is 348 g/mol. The van der Waals surface area contributed by atoms with Crippen molar-refractivity contribution >= 4 is 12.4 Å². The summed E-state index contributed by atoms with van der Waals surface area (Å²) >= 11 is 0. The topological polar surface area (TPSA) is 87.5 Å². The van der Waals surface area contributed by atoms with E-state index in [9.17, 15) is 4.79 Å². The van der Waals surface area contributed by atoms with Gasteiger partial charge in [0.15, 0.2) is 0 Å². The summed E-state index contributed by atoms with van der Waals surface area (Å²) in [7, 11) is 2.01. The van der Waals surface area contributed by atoms with Crippen molar-refractivity contribution in [3.05, 3.63) is 18.0 Å². The highest BCUT2D eigenvalue weighted by atomic mass is 16.3. The van der Waals surface area contributed by atoms with Crippen molar-refractivity contribution < 1.29 is 14.7 Å². The maximum absolute atomic E-state index is 11.8. The van der Waals surface area contributed by atoms with E-state index in [0.717, 1.165) is 19.4 Å². The Labute approximate surface area is 148 Å². The van der Waals surface area contributed by atoms with Crippen LogP contribution in [-0.2, 0) is 23.2 Å². The SMILES string of the molecule is Cn1nccc1CN1CCC2(CC1)CC(NC(=O)C1CC1)C2.O=CO. The molecule has 2 N–H and O–H groups in total. The van der Waals surface area contributed by atoms with Crippen LogP contribution in [0.5, 0.6) is 0 Å². The zero-order valence-electron chi connectivity index (χ0n) is 14.9. The summed E-state index contributed by atoms with van der Waals surface area (Å²) in [6.07, 6.45) is 9.04. The molecule has 25 heavy (non-hydrogen) atoms. The van der Waals surface area contributed by atoms with E-state index in [4.69, 9.17) is 9.90 Å². The number of likely N-dealkylation sites (tertiary alicyclic amines) is 1. The molecule has 1 aliphatic heterocycles. The molecule has 1 aromatic rings. The second-order valence-electron chi connectivity index (χ2n) is 7.72. The van der Waals surface area contributed by atoms with Crippen LogP contribution in [0.4, 0.5) is 0 Å². The molecule has 2 heterocycles. The van der Waals surface area contributed by atoms with Crippen LogP contribution in [-0.4, -0.2) is 51.3 Å². The van der Waals surface area contributed by atoms with Gasteiger partial charge in [-0.05, 0) is 63.1 Å². The fraction of sp³-hybridized carbons (Fsp3) is 0.722. The predicted octanol–water partition coefficient (Wildman–Crippen LogP) is 1.39. The highest BCUT2D eigenvalue weighted by Gasteiger charge is 2.47. The van der Waals surface area contributed by atoms with Crippen molar-refractivity contribution in [2.45, 2.75) is 51.1 Å². The first-order valence-corrected chi connectivity index (χ1v) is 9.13. The van der Waals surface area contributed by atoms with Gasteiger partial charge >= 0.3 is 0 Å². The Morgan fingerprint density at radius 2 is 2.04 bits per heavy atom. The molecule has 1 aromatic heterocycles. The van der Waals surface area contributed by atoms with Crippen molar-refractivity contribution in [3.63, 3.8) is 0 Å². The third-order valence-electron chi connectivity index (χ3n) is 5.88. The van der Waals surface area contributed by atoms with E-state index in [1.807, 2.05) is 17.9 Å². The van der Waals surface area contributed by atoms with Crippen LogP contribution < -0.4 is 5.32 Å². The molecule has 3 fully saturated rings. The number of amides is 1. The van der Waals surface area contributed by atoms with Crippen LogP contribution in [0.3, 0.4) is 0 Å². The molecule has 1 saturated heterocycles. The number of nitrogens with zero attached hydrogens (tertiary/aromatic N) is 3. The van der Waals surface area contributed by atoms with Gasteiger partial charge in [-0.3, -0.25) is 19.2 Å². The van der Waals surface area contributed by atoms with E-state index in [2.05, 4.69) is 21.4 Å². The lowest BCUT2D eigenvalue weighted by Gasteiger charge is -2.52. The van der Waals surface area contributed by atoms with Crippen molar-refractivity contribution in [2.75, 3.05) is 13.1 Å². The normalized spacial score (nSPS) is 22.6. The van der Waals surface area contributed by atoms with Gasteiger partial charge < -0.3 is 10.4 Å². The fourth-order valence-electron chi connectivity index (χ4n) is 4.13. The zero-order chi connectivity index (χ0) is 17.9. The molecule has 0 bridgehead atoms. The van der Waals surface area contributed by atoms with Gasteiger partial charge in [0.05, 0.1) is 5.69 Å². The summed E-state index contributed by atoms with van der Waals surface area (Å²) in [6.45, 7) is 3.11. The van der Waals surface area contributed by atoms with Crippen LogP contribution in [0.2, 0.25) is 0 Å². The van der Waals surface area contributed by atoms with Crippen molar-refractivity contribution in [3.8, 4) is 0 Å². The molecule has 7 heteroatoms. The first kappa shape index (κ1) is 17.9. The van der Waals surface area contributed by atoms with Crippen molar-refractivity contribution in [1.82, 2.24) is 20.0 Å². The number of carboxylic acid groups (broad SMARTS) is 1. The number of hydrogen-bond donors (Lipinski definition) is 2. The number of hydrogen-bond acceptors (Lipinski definition) is 4. The van der Waals surface area contributed by atoms with Crippen LogP contribution >= 0.6 is 0 Å². The molecule has 0 unspecified atom stereocenters. The summed E-state index contributed by atoms with van der Waals surface area (Å²) in [5.74, 6) is 0.658. The summed E-state index contributed by atoms with van der Waals surface area (Å²) in [4.78, 5) is 22.7. The second-order valence-corrected chi connectivity index (χ2v) is 7.72. The minimum Gasteiger partial charge on any atom is -0.483 e. The maximum atomic E-state index is 11.8. The van der Waals surface area contributed by atoms with Crippen molar-refractivity contribution in [1.29, 1.82) is 0 Å². The molecule has 1 spiro atoms. The highest BCUT2D eigenvalue weighted by molar-refractivity contribution is 5.81. The molecule has 4 rings (SSSR count). The van der Waals surface area contributed by atoms with E-state index < -0.39 is 0 Å². The summed E-state index contributed by atoms with van der Waals surface area (Å²) in [5, 5.41) is 14.4. The van der Waals surface area contributed by atoms with E-state index in [1.165, 1.54) is 44.5 Å². The summed E-state index contributed by atoms with van der Waals surface area (Å²) in [5.41, 5.74) is 1.81. The van der Waals surface area contributed by atoms with Crippen LogP contribution in [0.25, 0.3) is 0 Å². The Kier molecular flexibility index (Phi) is 5.42. The second kappa shape index (κ2) is 7.56. The number of carbonyl (C=O) groups excluding carboxylic acids is 1. The van der Waals surface area contributed by atoms with E-state index in [0.29, 0.717) is 23.3 Å². The molecule has 0 atom stereocenters. The number of nitrogens with one attached hydrogen (secondary N) is 1. The molecule has 2 saturated carbocycles. The Hall–Kier alpha value is -1.89. The van der Waals surface area contributed by atoms with Crippen molar-refractivity contribution in [2.24, 2.45) is 18.4 Å². The number of piperidine rings is 1. The standard InChI is InChI=1S/C17H26N4O.CH2O2/c1-20-15(4-7-18-20)12-21-8-5-17(6-9-21)10-14(11-17)19-16(22)13-2-3-13;2-1-3/h4,7,13-14H,2-3,5-6,8-12H2,1H3,(H,19,22);1H,(H,2,3). The summed E-state index contributed by atoms with van der Waals surface area (Å²) in [6, 6.07) is 2.56. The molecule has 3 aliphatic rings. The molecule has 7 nitrogen and oxygen atoms in total. The van der Waals surface area contributed by atoms with Crippen LogP contribution in [0.1, 0.15) is 44.2 Å². The molecule has 0 radical (unpaired) electrons. The summed E-state index contributed by atoms with van der Waals surface area (Å²) < 4.78 is 1.97. The zero-order valence-corrected chi connectivity index (χ0v) is 14.9. The monoisotopic (exact) mass is 348 g/mol. The molecule has 2 aliphatic carbocycles. The number of rotatable bonds is 4. The minimum atomic E-state index is -0.250. The Balaban J connectivity index is 0.000000569. The molecule has 138 valence electrons. The molecule has 1 amide bonds. The van der Waals surface area contributed by atoms with Gasteiger partial charge in [0.1, 0.15) is 0 Å². The quantitative estimate of drug-likeness (QED) is 0.803. The average Bonchev–Trinajstić information content (AvgIpc) is 3.33. The number of aromatic nitrogens is 2. The fourth-order valence-corrected chi connectivity index (χ4v) is 4.13. The largest absolute Gasteiger partial charge is 0.483 e. The minimum absolute atomic E-state index is 0.250. The Morgan fingerprint density at radius 3 is 2.56 bits per heavy atom. The van der Waals surface area contributed by atoms with Crippen LogP contribution in [0, 0.1) is 11.3 Å². The van der Waals surface area contributed by atoms with Gasteiger partial charge in [-0.1, -0.05) is 0 Å². The third-order valence-corrected chi connectivity index (χ3v) is 5.88. The van der Waals surface area contributed by atoms with Crippen LogP contribution in [0.15, 0.2) is 12.3 Å². The Morgan fingerprint density at radius 1 is 1.40 bits per heavy atom. The lowest BCUT2D eigenvalue weighted by molar-refractivity contribution is -0.125. The van der Waals surface area contributed by atoms with E-state index >= 15 is 0 Å². The lowest BCUT2D eigenvalue weighted by atomic mass is 9.60. The first-order valence-electron chi connectivity index (χ1n) is 9.13. The number of carbonyl (C=O) groups is 2. The third kappa shape index (κ3) is 4.39.